The van der Waals surface area contributed by atoms with Crippen LogP contribution in [0.4, 0.5) is 0 Å². The van der Waals surface area contributed by atoms with Gasteiger partial charge in [-0.05, 0) is 56.8 Å². The number of benzene rings is 1. The van der Waals surface area contributed by atoms with Gasteiger partial charge in [0.05, 0.1) is 6.54 Å². The van der Waals surface area contributed by atoms with Gasteiger partial charge in [-0.15, -0.1) is 0 Å². The van der Waals surface area contributed by atoms with E-state index in [0.29, 0.717) is 0 Å². The van der Waals surface area contributed by atoms with Gasteiger partial charge in [0.25, 0.3) is 0 Å². The fourth-order valence-electron chi connectivity index (χ4n) is 2.94. The highest BCUT2D eigenvalue weighted by Gasteiger charge is 2.30. The Morgan fingerprint density at radius 1 is 1.05 bits per heavy atom. The summed E-state index contributed by atoms with van der Waals surface area (Å²) in [5.74, 6) is 7.53. The van der Waals surface area contributed by atoms with Crippen LogP contribution in [0, 0.1) is 17.8 Å². The van der Waals surface area contributed by atoms with Crippen molar-refractivity contribution in [1.82, 2.24) is 10.2 Å². The fourth-order valence-corrected chi connectivity index (χ4v) is 2.94. The first kappa shape index (κ1) is 13.7. The normalized spacial score (nSPS) is 19.6. The Labute approximate surface area is 122 Å². The molecule has 106 valence electrons. The van der Waals surface area contributed by atoms with Gasteiger partial charge in [-0.2, -0.15) is 0 Å². The van der Waals surface area contributed by atoms with E-state index in [1.54, 1.807) is 0 Å². The van der Waals surface area contributed by atoms with E-state index in [1.807, 2.05) is 6.07 Å². The standard InChI is InChI=1S/C18H24N2/c1-2-5-16(6-3-1)7-4-14-20(18-8-9-18)15-17-10-12-19-13-11-17/h1-3,5-6,17-19H,8-15H2. The predicted octanol–water partition coefficient (Wildman–Crippen LogP) is 2.50. The lowest BCUT2D eigenvalue weighted by Crippen LogP contribution is -2.37. The first-order chi connectivity index (χ1) is 9.92. The lowest BCUT2D eigenvalue weighted by Gasteiger charge is -2.28. The van der Waals surface area contributed by atoms with Gasteiger partial charge < -0.3 is 5.32 Å². The lowest BCUT2D eigenvalue weighted by atomic mass is 9.97. The van der Waals surface area contributed by atoms with E-state index in [4.69, 9.17) is 0 Å². The molecule has 0 atom stereocenters. The van der Waals surface area contributed by atoms with Gasteiger partial charge in [-0.1, -0.05) is 30.0 Å². The van der Waals surface area contributed by atoms with Crippen LogP contribution in [0.25, 0.3) is 0 Å². The van der Waals surface area contributed by atoms with Crippen LogP contribution in [0.5, 0.6) is 0 Å². The molecule has 0 bridgehead atoms. The monoisotopic (exact) mass is 268 g/mol. The highest BCUT2D eigenvalue weighted by Crippen LogP contribution is 2.28. The van der Waals surface area contributed by atoms with E-state index in [9.17, 15) is 0 Å². The van der Waals surface area contributed by atoms with Gasteiger partial charge in [0.2, 0.25) is 0 Å². The first-order valence-corrected chi connectivity index (χ1v) is 7.90. The summed E-state index contributed by atoms with van der Waals surface area (Å²) < 4.78 is 0. The molecule has 0 unspecified atom stereocenters. The van der Waals surface area contributed by atoms with Crippen molar-refractivity contribution in [2.24, 2.45) is 5.92 Å². The summed E-state index contributed by atoms with van der Waals surface area (Å²) in [6, 6.07) is 11.1. The second-order valence-electron chi connectivity index (χ2n) is 6.02. The van der Waals surface area contributed by atoms with Crippen molar-refractivity contribution >= 4 is 0 Å². The SMILES string of the molecule is C(#Cc1ccccc1)CN(CC1CCNCC1)C1CC1. The van der Waals surface area contributed by atoms with Crippen LogP contribution in [0.2, 0.25) is 0 Å². The molecule has 2 heteroatoms. The summed E-state index contributed by atoms with van der Waals surface area (Å²) in [7, 11) is 0. The zero-order valence-corrected chi connectivity index (χ0v) is 12.1. The number of piperidine rings is 1. The van der Waals surface area contributed by atoms with Crippen LogP contribution in [0.1, 0.15) is 31.2 Å². The van der Waals surface area contributed by atoms with E-state index in [1.165, 1.54) is 45.3 Å². The molecule has 1 aliphatic carbocycles. The van der Waals surface area contributed by atoms with Gasteiger partial charge in [0.15, 0.2) is 0 Å². The largest absolute Gasteiger partial charge is 0.317 e. The van der Waals surface area contributed by atoms with E-state index < -0.39 is 0 Å². The van der Waals surface area contributed by atoms with Gasteiger partial charge in [0.1, 0.15) is 0 Å². The van der Waals surface area contributed by atoms with Crippen molar-refractivity contribution in [2.75, 3.05) is 26.2 Å². The Morgan fingerprint density at radius 2 is 1.80 bits per heavy atom. The van der Waals surface area contributed by atoms with Crippen molar-refractivity contribution in [3.8, 4) is 11.8 Å². The first-order valence-electron chi connectivity index (χ1n) is 7.90. The molecule has 1 heterocycles. The van der Waals surface area contributed by atoms with E-state index in [2.05, 4.69) is 46.3 Å². The average molecular weight is 268 g/mol. The van der Waals surface area contributed by atoms with Crippen molar-refractivity contribution in [3.63, 3.8) is 0 Å². The van der Waals surface area contributed by atoms with Crippen LogP contribution >= 0.6 is 0 Å². The molecule has 2 nitrogen and oxygen atoms in total. The average Bonchev–Trinajstić information content (AvgIpc) is 3.33. The second kappa shape index (κ2) is 6.92. The summed E-state index contributed by atoms with van der Waals surface area (Å²) in [6.45, 7) is 4.57. The van der Waals surface area contributed by atoms with Crippen molar-refractivity contribution in [1.29, 1.82) is 0 Å². The molecule has 1 saturated heterocycles. The van der Waals surface area contributed by atoms with Crippen LogP contribution in [-0.4, -0.2) is 37.1 Å². The number of hydrogen-bond donors (Lipinski definition) is 1. The number of nitrogens with zero attached hydrogens (tertiary/aromatic N) is 1. The molecule has 0 spiro atoms. The highest BCUT2D eigenvalue weighted by molar-refractivity contribution is 5.33. The zero-order valence-electron chi connectivity index (χ0n) is 12.1. The molecule has 1 aromatic carbocycles. The molecule has 1 N–H and O–H groups in total. The molecule has 2 aliphatic rings. The van der Waals surface area contributed by atoms with Crippen molar-refractivity contribution in [2.45, 2.75) is 31.7 Å². The predicted molar refractivity (Wildman–Crippen MR) is 83.5 cm³/mol. The number of rotatable bonds is 4. The Morgan fingerprint density at radius 3 is 2.50 bits per heavy atom. The van der Waals surface area contributed by atoms with Gasteiger partial charge in [-0.3, -0.25) is 4.90 Å². The molecule has 0 amide bonds. The maximum Gasteiger partial charge on any atom is 0.0607 e. The Hall–Kier alpha value is -1.30. The lowest BCUT2D eigenvalue weighted by molar-refractivity contribution is 0.217. The van der Waals surface area contributed by atoms with Gasteiger partial charge in [0, 0.05) is 18.2 Å². The zero-order chi connectivity index (χ0) is 13.6. The molecule has 3 rings (SSSR count). The molecule has 1 aromatic rings. The third-order valence-corrected chi connectivity index (χ3v) is 4.30. The molecule has 2 fully saturated rings. The second-order valence-corrected chi connectivity index (χ2v) is 6.02. The third-order valence-electron chi connectivity index (χ3n) is 4.30. The van der Waals surface area contributed by atoms with E-state index >= 15 is 0 Å². The number of hydrogen-bond acceptors (Lipinski definition) is 2. The highest BCUT2D eigenvalue weighted by atomic mass is 15.2. The minimum Gasteiger partial charge on any atom is -0.317 e. The van der Waals surface area contributed by atoms with E-state index in [-0.39, 0.29) is 0 Å². The number of nitrogens with one attached hydrogen (secondary N) is 1. The Balaban J connectivity index is 1.53. The van der Waals surface area contributed by atoms with Crippen LogP contribution < -0.4 is 5.32 Å². The Bertz CT molecular complexity index is 461. The molecular weight excluding hydrogens is 244 g/mol. The van der Waals surface area contributed by atoms with Crippen LogP contribution in [0.15, 0.2) is 30.3 Å². The van der Waals surface area contributed by atoms with Gasteiger partial charge >= 0.3 is 0 Å². The van der Waals surface area contributed by atoms with Crippen molar-refractivity contribution in [3.05, 3.63) is 35.9 Å². The quantitative estimate of drug-likeness (QED) is 0.844. The van der Waals surface area contributed by atoms with Crippen molar-refractivity contribution < 1.29 is 0 Å². The summed E-state index contributed by atoms with van der Waals surface area (Å²) in [6.07, 6.45) is 5.40. The summed E-state index contributed by atoms with van der Waals surface area (Å²) in [4.78, 5) is 2.62. The molecule has 20 heavy (non-hydrogen) atoms. The maximum absolute atomic E-state index is 3.45. The van der Waals surface area contributed by atoms with Crippen LogP contribution in [0.3, 0.4) is 0 Å². The van der Waals surface area contributed by atoms with E-state index in [0.717, 1.165) is 24.1 Å². The molecule has 0 aromatic heterocycles. The minimum absolute atomic E-state index is 0.815. The maximum atomic E-state index is 3.45. The topological polar surface area (TPSA) is 15.3 Å². The van der Waals surface area contributed by atoms with Gasteiger partial charge in [-0.25, -0.2) is 0 Å². The molecule has 0 radical (unpaired) electrons. The Kier molecular flexibility index (Phi) is 4.73. The summed E-state index contributed by atoms with van der Waals surface area (Å²) in [5, 5.41) is 3.45. The molecule has 1 aliphatic heterocycles. The van der Waals surface area contributed by atoms with Crippen LogP contribution in [-0.2, 0) is 0 Å². The smallest absolute Gasteiger partial charge is 0.0607 e. The third kappa shape index (κ3) is 4.10. The molecular formula is C18H24N2. The summed E-state index contributed by atoms with van der Waals surface area (Å²) >= 11 is 0. The molecule has 1 saturated carbocycles. The minimum atomic E-state index is 0.815. The fraction of sp³-hybridized carbons (Fsp3) is 0.556. The summed E-state index contributed by atoms with van der Waals surface area (Å²) in [5.41, 5.74) is 1.13.